The lowest BCUT2D eigenvalue weighted by Gasteiger charge is -2.62. The van der Waals surface area contributed by atoms with Gasteiger partial charge in [-0.1, -0.05) is 31.7 Å². The van der Waals surface area contributed by atoms with E-state index in [0.717, 1.165) is 60.2 Å². The number of hydrogen-bond acceptors (Lipinski definition) is 10. The third kappa shape index (κ3) is 3.41. The minimum Gasteiger partial charge on any atom is -0.481 e. The van der Waals surface area contributed by atoms with Gasteiger partial charge in [0, 0.05) is 40.8 Å². The van der Waals surface area contributed by atoms with Crippen LogP contribution >= 0.6 is 0 Å². The quantitative estimate of drug-likeness (QED) is 0.380. The zero-order valence-corrected chi connectivity index (χ0v) is 26.2. The summed E-state index contributed by atoms with van der Waals surface area (Å²) in [6, 6.07) is 7.79. The van der Waals surface area contributed by atoms with Crippen LogP contribution in [-0.4, -0.2) is 104 Å². The number of benzene rings is 2. The Labute approximate surface area is 274 Å². The van der Waals surface area contributed by atoms with Gasteiger partial charge in [0.15, 0.2) is 23.8 Å². The molecule has 1 saturated carbocycles. The predicted molar refractivity (Wildman–Crippen MR) is 171 cm³/mol. The van der Waals surface area contributed by atoms with Crippen LogP contribution in [0.15, 0.2) is 36.4 Å². The normalized spacial score (nSPS) is 39.5. The number of ketones is 2. The molecule has 250 valence electrons. The van der Waals surface area contributed by atoms with E-state index in [1.807, 2.05) is 31.3 Å². The van der Waals surface area contributed by atoms with Gasteiger partial charge in [-0.05, 0) is 82.6 Å². The minimum atomic E-state index is -1.11. The van der Waals surface area contributed by atoms with Crippen LogP contribution in [0.5, 0.6) is 11.5 Å². The molecule has 2 spiro atoms. The van der Waals surface area contributed by atoms with Gasteiger partial charge in [-0.3, -0.25) is 14.5 Å². The molecule has 47 heavy (non-hydrogen) atoms. The maximum Gasteiger partial charge on any atom is 0.196 e. The van der Waals surface area contributed by atoms with Crippen LogP contribution in [0, 0.1) is 0 Å². The van der Waals surface area contributed by atoms with Crippen LogP contribution < -0.4 is 9.47 Å². The number of aliphatic hydroxyl groups excluding tert-OH is 2. The molecule has 0 radical (unpaired) electrons. The van der Waals surface area contributed by atoms with Crippen molar-refractivity contribution in [3.05, 3.63) is 69.8 Å². The van der Waals surface area contributed by atoms with Gasteiger partial charge in [0.1, 0.15) is 17.1 Å². The summed E-state index contributed by atoms with van der Waals surface area (Å²) in [7, 11) is 4.09. The second-order valence-corrected chi connectivity index (χ2v) is 14.8. The molecule has 10 nitrogen and oxygen atoms in total. The first-order chi connectivity index (χ1) is 22.1. The molecule has 4 N–H and O–H groups in total. The van der Waals surface area contributed by atoms with E-state index in [0.29, 0.717) is 36.3 Å². The minimum absolute atomic E-state index is 0. The number of hydrogen-bond donors (Lipinski definition) is 4. The Morgan fingerprint density at radius 3 is 1.98 bits per heavy atom. The van der Waals surface area contributed by atoms with Crippen LogP contribution in [0.3, 0.4) is 0 Å². The molecule has 2 aromatic carbocycles. The topological polar surface area (TPSA) is 140 Å². The molecule has 4 bridgehead atoms. The predicted octanol–water partition coefficient (Wildman–Crippen LogP) is 1.48. The zero-order valence-electron chi connectivity index (χ0n) is 26.2. The SMILES string of the molecule is C.CN1CC[C@]23c4c5ccc(CO)c4O[C@H]2C(=O)C=C[C@@]3(O)[C@H]1C5.CN1CC[C@]23c4c5ccc(CO)c4O[C@H]2C(=O)CC[C@@]3(O)[C@H]1C5. The van der Waals surface area contributed by atoms with E-state index in [-0.39, 0.29) is 44.3 Å². The van der Waals surface area contributed by atoms with Crippen molar-refractivity contribution in [1.82, 2.24) is 9.80 Å². The Morgan fingerprint density at radius 1 is 0.787 bits per heavy atom. The molecule has 3 fully saturated rings. The molecule has 2 aromatic rings. The summed E-state index contributed by atoms with van der Waals surface area (Å²) in [6.07, 6.45) is 5.64. The van der Waals surface area contributed by atoms with Crippen molar-refractivity contribution in [2.45, 2.75) is 105 Å². The van der Waals surface area contributed by atoms with Crippen molar-refractivity contribution in [1.29, 1.82) is 0 Å². The van der Waals surface area contributed by atoms with Crippen molar-refractivity contribution in [2.24, 2.45) is 0 Å². The number of aliphatic hydroxyl groups is 4. The molecule has 0 amide bonds. The van der Waals surface area contributed by atoms with Crippen LogP contribution in [0.1, 0.15) is 66.5 Å². The highest BCUT2D eigenvalue weighted by Gasteiger charge is 2.73. The lowest BCUT2D eigenvalue weighted by Crippen LogP contribution is -2.76. The van der Waals surface area contributed by atoms with Gasteiger partial charge in [-0.2, -0.15) is 0 Å². The molecule has 8 atom stereocenters. The van der Waals surface area contributed by atoms with Crippen molar-refractivity contribution in [3.63, 3.8) is 0 Å². The van der Waals surface area contributed by atoms with E-state index in [1.54, 1.807) is 6.08 Å². The lowest BCUT2D eigenvalue weighted by atomic mass is 9.49. The Kier molecular flexibility index (Phi) is 6.61. The number of rotatable bonds is 2. The molecule has 2 saturated heterocycles. The number of carbonyl (C=O) groups is 2. The third-order valence-electron chi connectivity index (χ3n) is 13.2. The lowest BCUT2D eigenvalue weighted by molar-refractivity contribution is -0.185. The smallest absolute Gasteiger partial charge is 0.196 e. The zero-order chi connectivity index (χ0) is 32.0. The van der Waals surface area contributed by atoms with Gasteiger partial charge in [0.25, 0.3) is 0 Å². The number of likely N-dealkylation sites (tertiary alicyclic amines) is 2. The first-order valence-corrected chi connectivity index (χ1v) is 16.5. The fourth-order valence-corrected chi connectivity index (χ4v) is 11.0. The highest BCUT2D eigenvalue weighted by molar-refractivity contribution is 5.99. The fourth-order valence-electron chi connectivity index (χ4n) is 11.0. The maximum atomic E-state index is 12.6. The van der Waals surface area contributed by atoms with Crippen molar-refractivity contribution < 1.29 is 39.5 Å². The summed E-state index contributed by atoms with van der Waals surface area (Å²) in [5.41, 5.74) is 2.29. The molecule has 8 aliphatic rings. The number of Topliss-reactive ketones (excluding diaryl/α,β-unsaturated/α-hetero) is 1. The maximum absolute atomic E-state index is 12.6. The van der Waals surface area contributed by atoms with Crippen molar-refractivity contribution >= 4 is 11.6 Å². The summed E-state index contributed by atoms with van der Waals surface area (Å²) in [6.45, 7) is 1.43. The highest BCUT2D eigenvalue weighted by atomic mass is 16.5. The first-order valence-electron chi connectivity index (χ1n) is 16.5. The molecule has 0 unspecified atom stereocenters. The van der Waals surface area contributed by atoms with Gasteiger partial charge in [-0.25, -0.2) is 0 Å². The van der Waals surface area contributed by atoms with Crippen molar-refractivity contribution in [2.75, 3.05) is 27.2 Å². The van der Waals surface area contributed by atoms with Crippen LogP contribution in [0.2, 0.25) is 0 Å². The van der Waals surface area contributed by atoms with Gasteiger partial charge >= 0.3 is 0 Å². The Morgan fingerprint density at radius 2 is 1.34 bits per heavy atom. The van der Waals surface area contributed by atoms with E-state index in [4.69, 9.17) is 9.47 Å². The van der Waals surface area contributed by atoms with Crippen LogP contribution in [-0.2, 0) is 46.5 Å². The second-order valence-electron chi connectivity index (χ2n) is 14.8. The Hall–Kier alpha value is -3.12. The number of ether oxygens (including phenoxy) is 2. The average Bonchev–Trinajstić information content (AvgIpc) is 3.59. The molecule has 10 heteroatoms. The number of carbonyl (C=O) groups excluding carboxylic acids is 2. The summed E-state index contributed by atoms with van der Waals surface area (Å²) in [5.74, 6) is 1.27. The summed E-state index contributed by atoms with van der Waals surface area (Å²) >= 11 is 0. The molecule has 4 aliphatic carbocycles. The largest absolute Gasteiger partial charge is 0.481 e. The molecule has 4 aliphatic heterocycles. The number of nitrogens with zero attached hydrogens (tertiary/aromatic N) is 2. The Bertz CT molecular complexity index is 1740. The van der Waals surface area contributed by atoms with Crippen molar-refractivity contribution in [3.8, 4) is 11.5 Å². The van der Waals surface area contributed by atoms with Crippen LogP contribution in [0.4, 0.5) is 0 Å². The molecular weight excluding hydrogens is 600 g/mol. The van der Waals surface area contributed by atoms with Gasteiger partial charge < -0.3 is 34.8 Å². The highest BCUT2D eigenvalue weighted by Crippen LogP contribution is 2.64. The molecule has 10 rings (SSSR count). The monoisotopic (exact) mass is 644 g/mol. The van der Waals surface area contributed by atoms with E-state index in [9.17, 15) is 30.0 Å². The second kappa shape index (κ2) is 9.96. The number of likely N-dealkylation sites (N-methyl/N-ethyl adjacent to an activating group) is 2. The fraction of sp³-hybridized carbons (Fsp3) is 0.568. The average molecular weight is 645 g/mol. The summed E-state index contributed by atoms with van der Waals surface area (Å²) in [4.78, 5) is 29.6. The van der Waals surface area contributed by atoms with E-state index < -0.39 is 34.2 Å². The van der Waals surface area contributed by atoms with E-state index in [2.05, 4.69) is 16.8 Å². The molecular formula is C37H44N2O8. The molecule has 0 aromatic heterocycles. The van der Waals surface area contributed by atoms with Gasteiger partial charge in [-0.15, -0.1) is 0 Å². The number of piperidine rings is 2. The first kappa shape index (κ1) is 31.2. The van der Waals surface area contributed by atoms with E-state index in [1.165, 1.54) is 6.08 Å². The Balaban J connectivity index is 0.000000135. The standard InChI is InChI=1S/C18H21NO4.C18H19NO4.CH4/c2*1-19-7-6-17-14-10-2-3-11(9-20)15(14)23-16(17)12(21)4-5-18(17,22)13(19)8-10;/h2-3,13,16,20,22H,4-9H2,1H3;2-5,13,16,20,22H,6-9H2,1H3;1H4/t2*13-,16+,17+,18-;/m11./s1. The van der Waals surface area contributed by atoms with Crippen LogP contribution in [0.25, 0.3) is 0 Å². The summed E-state index contributed by atoms with van der Waals surface area (Å²) < 4.78 is 12.2. The third-order valence-corrected chi connectivity index (χ3v) is 13.2. The van der Waals surface area contributed by atoms with Gasteiger partial charge in [0.05, 0.1) is 29.6 Å². The van der Waals surface area contributed by atoms with E-state index >= 15 is 0 Å². The molecule has 4 heterocycles. The summed E-state index contributed by atoms with van der Waals surface area (Å²) in [5, 5.41) is 42.7. The van der Waals surface area contributed by atoms with Gasteiger partial charge in [0.2, 0.25) is 0 Å².